The molecule has 0 saturated heterocycles. The fourth-order valence-corrected chi connectivity index (χ4v) is 7.21. The van der Waals surface area contributed by atoms with Gasteiger partial charge in [0.25, 0.3) is 0 Å². The Morgan fingerprint density at radius 1 is 0.902 bits per heavy atom. The van der Waals surface area contributed by atoms with Crippen molar-refractivity contribution in [1.29, 1.82) is 0 Å². The number of fused-ring (bicyclic) bond motifs is 1. The first-order valence-electron chi connectivity index (χ1n) is 18.0. The molecule has 6 rings (SSSR count). The summed E-state index contributed by atoms with van der Waals surface area (Å²) in [4.78, 5) is 28.2. The molecular formula is C42H48ClN3O5. The minimum absolute atomic E-state index is 0.00772. The fourth-order valence-electron chi connectivity index (χ4n) is 7.08. The van der Waals surface area contributed by atoms with Crippen molar-refractivity contribution in [1.82, 2.24) is 10.6 Å². The Hall–Kier alpha value is -4.53. The molecule has 2 amide bonds. The van der Waals surface area contributed by atoms with Gasteiger partial charge in [-0.2, -0.15) is 0 Å². The van der Waals surface area contributed by atoms with Crippen LogP contribution in [-0.2, 0) is 22.6 Å². The zero-order chi connectivity index (χ0) is 35.9. The maximum absolute atomic E-state index is 14.0. The summed E-state index contributed by atoms with van der Waals surface area (Å²) in [6.45, 7) is 6.57. The molecule has 1 aliphatic heterocycles. The first-order valence-corrected chi connectivity index (χ1v) is 18.4. The van der Waals surface area contributed by atoms with Gasteiger partial charge in [-0.3, -0.25) is 4.79 Å². The molecule has 4 aromatic carbocycles. The summed E-state index contributed by atoms with van der Waals surface area (Å²) in [5.41, 5.74) is 5.83. The van der Waals surface area contributed by atoms with Crippen molar-refractivity contribution in [2.45, 2.75) is 96.2 Å². The smallest absolute Gasteiger partial charge is 0.407 e. The summed E-state index contributed by atoms with van der Waals surface area (Å²) in [5.74, 6) is 1.30. The van der Waals surface area contributed by atoms with Crippen LogP contribution in [0.25, 0.3) is 0 Å². The maximum atomic E-state index is 14.0. The molecular weight excluding hydrogens is 662 g/mol. The number of rotatable bonds is 12. The van der Waals surface area contributed by atoms with Crippen LogP contribution in [0.4, 0.5) is 10.5 Å². The number of alkyl carbamates (subject to hydrolysis) is 1. The summed E-state index contributed by atoms with van der Waals surface area (Å²) in [6.07, 6.45) is 4.47. The molecule has 2 N–H and O–H groups in total. The van der Waals surface area contributed by atoms with E-state index in [9.17, 15) is 9.59 Å². The third kappa shape index (κ3) is 8.86. The standard InChI is InChI=1S/C42H48ClN3O5/c1-5-27(2)51-39-25-37-32(23-38(39)49-4)24-40(47)46(41(37)31-11-15-33(43)16-12-31)36-21-13-30(14-22-36)28(3)44-34-17-19-35(20-18-34)45-42(48)50-26-29-9-7-6-8-10-29/h6-16,21-23,25,27-28,34-35,41,44H,5,17-20,24,26H2,1-4H3,(H,45,48). The third-order valence-electron chi connectivity index (χ3n) is 10.1. The van der Waals surface area contributed by atoms with Gasteiger partial charge in [0.2, 0.25) is 5.91 Å². The molecule has 1 heterocycles. The van der Waals surface area contributed by atoms with Crippen molar-refractivity contribution in [2.75, 3.05) is 12.0 Å². The van der Waals surface area contributed by atoms with Gasteiger partial charge in [-0.25, -0.2) is 4.79 Å². The number of nitrogens with one attached hydrogen (secondary N) is 2. The van der Waals surface area contributed by atoms with Crippen LogP contribution in [0.2, 0.25) is 5.02 Å². The summed E-state index contributed by atoms with van der Waals surface area (Å²) in [6, 6.07) is 29.9. The fraction of sp³-hybridized carbons (Fsp3) is 0.381. The first-order chi connectivity index (χ1) is 24.7. The lowest BCUT2D eigenvalue weighted by Gasteiger charge is -2.38. The van der Waals surface area contributed by atoms with Gasteiger partial charge in [-0.05, 0) is 110 Å². The quantitative estimate of drug-likeness (QED) is 0.153. The van der Waals surface area contributed by atoms with Crippen LogP contribution in [0.5, 0.6) is 11.5 Å². The highest BCUT2D eigenvalue weighted by Crippen LogP contribution is 2.44. The highest BCUT2D eigenvalue weighted by atomic mass is 35.5. The Morgan fingerprint density at radius 2 is 1.59 bits per heavy atom. The number of benzene rings is 4. The van der Waals surface area contributed by atoms with E-state index in [1.54, 1.807) is 7.11 Å². The summed E-state index contributed by atoms with van der Waals surface area (Å²) in [5, 5.41) is 7.47. The zero-order valence-electron chi connectivity index (χ0n) is 29.9. The third-order valence-corrected chi connectivity index (χ3v) is 10.3. The van der Waals surface area contributed by atoms with E-state index in [4.69, 9.17) is 25.8 Å². The van der Waals surface area contributed by atoms with Gasteiger partial charge >= 0.3 is 6.09 Å². The van der Waals surface area contributed by atoms with Crippen LogP contribution in [0.15, 0.2) is 91.0 Å². The van der Waals surface area contributed by atoms with E-state index in [-0.39, 0.29) is 49.3 Å². The normalized spacial score (nSPS) is 19.8. The number of halogens is 1. The molecule has 1 fully saturated rings. The van der Waals surface area contributed by atoms with E-state index in [1.165, 1.54) is 0 Å². The minimum atomic E-state index is -0.371. The molecule has 3 unspecified atom stereocenters. The maximum Gasteiger partial charge on any atom is 0.407 e. The number of hydrogen-bond donors (Lipinski definition) is 2. The second-order valence-electron chi connectivity index (χ2n) is 13.7. The minimum Gasteiger partial charge on any atom is -0.493 e. The van der Waals surface area contributed by atoms with Crippen LogP contribution in [0.3, 0.4) is 0 Å². The predicted octanol–water partition coefficient (Wildman–Crippen LogP) is 9.09. The zero-order valence-corrected chi connectivity index (χ0v) is 30.6. The van der Waals surface area contributed by atoms with E-state index >= 15 is 0 Å². The van der Waals surface area contributed by atoms with Crippen LogP contribution in [0, 0.1) is 0 Å². The van der Waals surface area contributed by atoms with Crippen molar-refractivity contribution in [3.63, 3.8) is 0 Å². The summed E-state index contributed by atoms with van der Waals surface area (Å²) in [7, 11) is 1.63. The Morgan fingerprint density at radius 3 is 2.25 bits per heavy atom. The van der Waals surface area contributed by atoms with E-state index in [1.807, 2.05) is 90.7 Å². The van der Waals surface area contributed by atoms with Crippen LogP contribution in [0.1, 0.15) is 92.8 Å². The van der Waals surface area contributed by atoms with Crippen LogP contribution in [-0.4, -0.2) is 37.3 Å². The molecule has 0 bridgehead atoms. The number of nitrogens with zero attached hydrogens (tertiary/aromatic N) is 1. The molecule has 1 aliphatic carbocycles. The average molecular weight is 710 g/mol. The van der Waals surface area contributed by atoms with Gasteiger partial charge in [0.1, 0.15) is 6.61 Å². The summed E-state index contributed by atoms with van der Waals surface area (Å²) < 4.78 is 17.4. The van der Waals surface area contributed by atoms with E-state index in [0.29, 0.717) is 22.6 Å². The van der Waals surface area contributed by atoms with E-state index < -0.39 is 0 Å². The number of ether oxygens (including phenoxy) is 3. The molecule has 3 atom stereocenters. The Labute approximate surface area is 306 Å². The molecule has 51 heavy (non-hydrogen) atoms. The number of anilines is 1. The van der Waals surface area contributed by atoms with Crippen molar-refractivity contribution < 1.29 is 23.8 Å². The Bertz CT molecular complexity index is 1780. The molecule has 268 valence electrons. The van der Waals surface area contributed by atoms with Crippen LogP contribution >= 0.6 is 11.6 Å². The lowest BCUT2D eigenvalue weighted by Crippen LogP contribution is -2.43. The number of methoxy groups -OCH3 is 1. The topological polar surface area (TPSA) is 89.1 Å². The van der Waals surface area contributed by atoms with Gasteiger partial charge in [0.05, 0.1) is 25.7 Å². The average Bonchev–Trinajstić information content (AvgIpc) is 3.15. The molecule has 0 spiro atoms. The largest absolute Gasteiger partial charge is 0.493 e. The Balaban J connectivity index is 1.13. The second kappa shape index (κ2) is 16.7. The van der Waals surface area contributed by atoms with Gasteiger partial charge < -0.3 is 29.7 Å². The number of carbonyl (C=O) groups is 2. The monoisotopic (exact) mass is 709 g/mol. The van der Waals surface area contributed by atoms with Crippen molar-refractivity contribution in [3.8, 4) is 11.5 Å². The van der Waals surface area contributed by atoms with Gasteiger partial charge in [-0.15, -0.1) is 0 Å². The van der Waals surface area contributed by atoms with Crippen LogP contribution < -0.4 is 25.0 Å². The summed E-state index contributed by atoms with van der Waals surface area (Å²) >= 11 is 6.30. The highest BCUT2D eigenvalue weighted by molar-refractivity contribution is 6.30. The van der Waals surface area contributed by atoms with E-state index in [2.05, 4.69) is 36.6 Å². The van der Waals surface area contributed by atoms with Crippen molar-refractivity contribution in [3.05, 3.63) is 124 Å². The predicted molar refractivity (Wildman–Crippen MR) is 202 cm³/mol. The molecule has 9 heteroatoms. The Kier molecular flexibility index (Phi) is 11.8. The molecule has 8 nitrogen and oxygen atoms in total. The molecule has 2 aliphatic rings. The number of hydrogen-bond acceptors (Lipinski definition) is 6. The highest BCUT2D eigenvalue weighted by Gasteiger charge is 2.36. The second-order valence-corrected chi connectivity index (χ2v) is 14.1. The molecule has 0 aromatic heterocycles. The lowest BCUT2D eigenvalue weighted by atomic mass is 9.86. The number of amides is 2. The lowest BCUT2D eigenvalue weighted by molar-refractivity contribution is -0.118. The first kappa shape index (κ1) is 36.3. The van der Waals surface area contributed by atoms with Crippen molar-refractivity contribution in [2.24, 2.45) is 0 Å². The molecule has 0 radical (unpaired) electrons. The molecule has 4 aromatic rings. The van der Waals surface area contributed by atoms with Gasteiger partial charge in [-0.1, -0.05) is 73.1 Å². The SMILES string of the molecule is CCC(C)Oc1cc2c(cc1OC)CC(=O)N(c1ccc(C(C)NC3CCC(NC(=O)OCc4ccccc4)CC3)cc1)C2c1ccc(Cl)cc1. The number of carbonyl (C=O) groups excluding carboxylic acids is 2. The van der Waals surface area contributed by atoms with Crippen molar-refractivity contribution >= 4 is 29.3 Å². The molecule has 1 saturated carbocycles. The van der Waals surface area contributed by atoms with E-state index in [0.717, 1.165) is 65.6 Å². The van der Waals surface area contributed by atoms with Gasteiger partial charge in [0.15, 0.2) is 11.5 Å². The van der Waals surface area contributed by atoms with Gasteiger partial charge in [0, 0.05) is 28.8 Å².